The molecule has 1 heterocycles. The molecule has 3 nitrogen and oxygen atoms in total. The van der Waals surface area contributed by atoms with Gasteiger partial charge in [0.1, 0.15) is 5.82 Å². The molecule has 3 aromatic rings. The predicted octanol–water partition coefficient (Wildman–Crippen LogP) is 4.75. The quantitative estimate of drug-likeness (QED) is 0.619. The van der Waals surface area contributed by atoms with Gasteiger partial charge in [-0.05, 0) is 36.9 Å². The van der Waals surface area contributed by atoms with Gasteiger partial charge in [-0.3, -0.25) is 4.79 Å². The van der Waals surface area contributed by atoms with Gasteiger partial charge in [0, 0.05) is 16.5 Å². The maximum Gasteiger partial charge on any atom is 0.234 e. The SMILES string of the molecule is Cc1ccc(C(NC(=O)CNC(C)c2ccccc2F)c2cccs2)cc1. The van der Waals surface area contributed by atoms with E-state index in [4.69, 9.17) is 0 Å². The molecule has 0 aliphatic rings. The van der Waals surface area contributed by atoms with Crippen molar-refractivity contribution in [1.29, 1.82) is 0 Å². The Morgan fingerprint density at radius 3 is 2.48 bits per heavy atom. The minimum Gasteiger partial charge on any atom is -0.343 e. The van der Waals surface area contributed by atoms with Crippen LogP contribution in [0.2, 0.25) is 0 Å². The Bertz CT molecular complexity index is 878. The van der Waals surface area contributed by atoms with Crippen molar-refractivity contribution in [3.8, 4) is 0 Å². The highest BCUT2D eigenvalue weighted by Crippen LogP contribution is 2.26. The van der Waals surface area contributed by atoms with E-state index in [-0.39, 0.29) is 30.4 Å². The number of amides is 1. The van der Waals surface area contributed by atoms with E-state index in [2.05, 4.69) is 10.6 Å². The number of halogens is 1. The second kappa shape index (κ2) is 8.93. The van der Waals surface area contributed by atoms with E-state index in [1.54, 1.807) is 29.5 Å². The minimum absolute atomic E-state index is 0.114. The molecular formula is C22H23FN2OS. The number of benzene rings is 2. The van der Waals surface area contributed by atoms with Crippen LogP contribution in [0.1, 0.15) is 40.6 Å². The monoisotopic (exact) mass is 382 g/mol. The van der Waals surface area contributed by atoms with E-state index in [0.717, 1.165) is 10.4 Å². The molecule has 2 aromatic carbocycles. The van der Waals surface area contributed by atoms with Crippen LogP contribution in [-0.4, -0.2) is 12.5 Å². The zero-order valence-electron chi connectivity index (χ0n) is 15.4. The lowest BCUT2D eigenvalue weighted by molar-refractivity contribution is -0.120. The van der Waals surface area contributed by atoms with Crippen molar-refractivity contribution in [2.24, 2.45) is 0 Å². The third-order valence-electron chi connectivity index (χ3n) is 4.48. The molecule has 0 radical (unpaired) electrons. The molecule has 0 fully saturated rings. The molecule has 0 bridgehead atoms. The summed E-state index contributed by atoms with van der Waals surface area (Å²) >= 11 is 1.61. The molecule has 2 N–H and O–H groups in total. The van der Waals surface area contributed by atoms with Crippen molar-refractivity contribution in [2.45, 2.75) is 25.9 Å². The summed E-state index contributed by atoms with van der Waals surface area (Å²) < 4.78 is 13.9. The van der Waals surface area contributed by atoms with Gasteiger partial charge in [-0.2, -0.15) is 0 Å². The lowest BCUT2D eigenvalue weighted by atomic mass is 10.0. The van der Waals surface area contributed by atoms with E-state index in [1.165, 1.54) is 11.6 Å². The molecule has 140 valence electrons. The summed E-state index contributed by atoms with van der Waals surface area (Å²) in [4.78, 5) is 13.6. The Morgan fingerprint density at radius 1 is 1.07 bits per heavy atom. The van der Waals surface area contributed by atoms with E-state index in [0.29, 0.717) is 5.56 Å². The van der Waals surface area contributed by atoms with Gasteiger partial charge >= 0.3 is 0 Å². The number of nitrogens with one attached hydrogen (secondary N) is 2. The number of thiophene rings is 1. The summed E-state index contributed by atoms with van der Waals surface area (Å²) in [7, 11) is 0. The molecule has 1 amide bonds. The van der Waals surface area contributed by atoms with Crippen LogP contribution >= 0.6 is 11.3 Å². The largest absolute Gasteiger partial charge is 0.343 e. The van der Waals surface area contributed by atoms with Crippen LogP contribution in [-0.2, 0) is 4.79 Å². The number of hydrogen-bond donors (Lipinski definition) is 2. The summed E-state index contributed by atoms with van der Waals surface area (Å²) in [6.45, 7) is 4.00. The van der Waals surface area contributed by atoms with Crippen LogP contribution in [0.3, 0.4) is 0 Å². The van der Waals surface area contributed by atoms with E-state index in [9.17, 15) is 9.18 Å². The standard InChI is InChI=1S/C22H23FN2OS/c1-15-9-11-17(12-10-15)22(20-8-5-13-27-20)25-21(26)14-24-16(2)18-6-3-4-7-19(18)23/h3-13,16,22,24H,14H2,1-2H3,(H,25,26). The third kappa shape index (κ3) is 5.02. The Hall–Kier alpha value is -2.50. The number of carbonyl (C=O) groups is 1. The van der Waals surface area contributed by atoms with Gasteiger partial charge in [0.25, 0.3) is 0 Å². The molecule has 0 saturated carbocycles. The molecule has 1 aromatic heterocycles. The van der Waals surface area contributed by atoms with Gasteiger partial charge < -0.3 is 10.6 Å². The first-order valence-electron chi connectivity index (χ1n) is 8.91. The fourth-order valence-corrected chi connectivity index (χ4v) is 3.73. The molecule has 2 unspecified atom stereocenters. The predicted molar refractivity (Wildman–Crippen MR) is 108 cm³/mol. The van der Waals surface area contributed by atoms with Gasteiger partial charge in [-0.15, -0.1) is 11.3 Å². The van der Waals surface area contributed by atoms with Gasteiger partial charge in [-0.1, -0.05) is 54.1 Å². The van der Waals surface area contributed by atoms with Crippen molar-refractivity contribution >= 4 is 17.2 Å². The molecule has 0 spiro atoms. The van der Waals surface area contributed by atoms with Gasteiger partial charge in [0.2, 0.25) is 5.91 Å². The van der Waals surface area contributed by atoms with Crippen LogP contribution in [0.15, 0.2) is 66.0 Å². The normalized spacial score (nSPS) is 13.1. The Morgan fingerprint density at radius 2 is 1.81 bits per heavy atom. The number of carbonyl (C=O) groups excluding carboxylic acids is 1. The van der Waals surface area contributed by atoms with Gasteiger partial charge in [0.05, 0.1) is 12.6 Å². The lowest BCUT2D eigenvalue weighted by Crippen LogP contribution is -2.37. The topological polar surface area (TPSA) is 41.1 Å². The maximum absolute atomic E-state index is 13.9. The van der Waals surface area contributed by atoms with E-state index >= 15 is 0 Å². The van der Waals surface area contributed by atoms with Crippen molar-refractivity contribution in [3.63, 3.8) is 0 Å². The van der Waals surface area contributed by atoms with E-state index < -0.39 is 0 Å². The first-order valence-corrected chi connectivity index (χ1v) is 9.79. The van der Waals surface area contributed by atoms with Gasteiger partial charge in [0.15, 0.2) is 0 Å². The van der Waals surface area contributed by atoms with Crippen LogP contribution in [0.5, 0.6) is 0 Å². The molecular weight excluding hydrogens is 359 g/mol. The number of rotatable bonds is 7. The average molecular weight is 383 g/mol. The van der Waals surface area contributed by atoms with Crippen molar-refractivity contribution in [3.05, 3.63) is 93.4 Å². The smallest absolute Gasteiger partial charge is 0.234 e. The highest BCUT2D eigenvalue weighted by molar-refractivity contribution is 7.10. The van der Waals surface area contributed by atoms with Crippen molar-refractivity contribution in [2.75, 3.05) is 6.54 Å². The lowest BCUT2D eigenvalue weighted by Gasteiger charge is -2.20. The first-order chi connectivity index (χ1) is 13.0. The van der Waals surface area contributed by atoms with Gasteiger partial charge in [-0.25, -0.2) is 4.39 Å². The summed E-state index contributed by atoms with van der Waals surface area (Å²) in [6.07, 6.45) is 0. The third-order valence-corrected chi connectivity index (χ3v) is 5.42. The molecule has 5 heteroatoms. The van der Waals surface area contributed by atoms with Crippen LogP contribution in [0.4, 0.5) is 4.39 Å². The molecule has 2 atom stereocenters. The highest BCUT2D eigenvalue weighted by Gasteiger charge is 2.18. The van der Waals surface area contributed by atoms with E-state index in [1.807, 2.05) is 55.6 Å². The van der Waals surface area contributed by atoms with Crippen LogP contribution < -0.4 is 10.6 Å². The first kappa shape index (κ1) is 19.3. The summed E-state index contributed by atoms with van der Waals surface area (Å²) in [5.74, 6) is -0.397. The van der Waals surface area contributed by atoms with Crippen molar-refractivity contribution in [1.82, 2.24) is 10.6 Å². The Kier molecular flexibility index (Phi) is 6.37. The summed E-state index contributed by atoms with van der Waals surface area (Å²) in [5, 5.41) is 8.20. The average Bonchev–Trinajstić information content (AvgIpc) is 3.20. The van der Waals surface area contributed by atoms with Crippen molar-refractivity contribution < 1.29 is 9.18 Å². The second-order valence-corrected chi connectivity index (χ2v) is 7.53. The summed E-state index contributed by atoms with van der Waals surface area (Å²) in [5.41, 5.74) is 2.77. The molecule has 3 rings (SSSR count). The zero-order chi connectivity index (χ0) is 19.2. The molecule has 0 aliphatic carbocycles. The second-order valence-electron chi connectivity index (χ2n) is 6.55. The highest BCUT2D eigenvalue weighted by atomic mass is 32.1. The Balaban J connectivity index is 1.66. The number of aryl methyl sites for hydroxylation is 1. The molecule has 27 heavy (non-hydrogen) atoms. The van der Waals surface area contributed by atoms with Crippen LogP contribution in [0.25, 0.3) is 0 Å². The zero-order valence-corrected chi connectivity index (χ0v) is 16.2. The fourth-order valence-electron chi connectivity index (χ4n) is 2.93. The van der Waals surface area contributed by atoms with Crippen LogP contribution in [0, 0.1) is 12.7 Å². The molecule has 0 aliphatic heterocycles. The minimum atomic E-state index is -0.269. The fraction of sp³-hybridized carbons (Fsp3) is 0.227. The maximum atomic E-state index is 13.9. The Labute approximate surface area is 163 Å². The number of hydrogen-bond acceptors (Lipinski definition) is 3. The summed E-state index contributed by atoms with van der Waals surface area (Å²) in [6, 6.07) is 18.3. The molecule has 0 saturated heterocycles.